The van der Waals surface area contributed by atoms with Crippen LogP contribution >= 0.6 is 0 Å². The van der Waals surface area contributed by atoms with E-state index in [1.54, 1.807) is 7.11 Å². The molecule has 1 aromatic heterocycles. The van der Waals surface area contributed by atoms with Crippen molar-refractivity contribution >= 4 is 5.91 Å². The summed E-state index contributed by atoms with van der Waals surface area (Å²) in [5.74, 6) is 0.989. The Labute approximate surface area is 150 Å². The van der Waals surface area contributed by atoms with Crippen LogP contribution in [0.2, 0.25) is 0 Å². The van der Waals surface area contributed by atoms with Crippen molar-refractivity contribution in [3.8, 4) is 5.88 Å². The molecule has 1 spiro atoms. The molecular formula is C19H29N3O3. The van der Waals surface area contributed by atoms with Gasteiger partial charge in [0.1, 0.15) is 0 Å². The molecule has 3 heterocycles. The second kappa shape index (κ2) is 8.15. The van der Waals surface area contributed by atoms with E-state index in [-0.39, 0.29) is 5.41 Å². The maximum atomic E-state index is 13.0. The van der Waals surface area contributed by atoms with Crippen LogP contribution in [-0.4, -0.2) is 67.2 Å². The third-order valence-corrected chi connectivity index (χ3v) is 5.32. The van der Waals surface area contributed by atoms with Crippen LogP contribution in [0.5, 0.6) is 5.88 Å². The van der Waals surface area contributed by atoms with Crippen molar-refractivity contribution in [2.75, 3.05) is 46.5 Å². The predicted octanol–water partition coefficient (Wildman–Crippen LogP) is 1.94. The molecule has 0 radical (unpaired) electrons. The van der Waals surface area contributed by atoms with Gasteiger partial charge in [-0.2, -0.15) is 0 Å². The van der Waals surface area contributed by atoms with Gasteiger partial charge < -0.3 is 14.4 Å². The molecule has 0 N–H and O–H groups in total. The molecule has 25 heavy (non-hydrogen) atoms. The molecule has 0 saturated carbocycles. The largest absolute Gasteiger partial charge is 0.478 e. The fourth-order valence-corrected chi connectivity index (χ4v) is 4.03. The van der Waals surface area contributed by atoms with Crippen LogP contribution in [-0.2, 0) is 16.1 Å². The van der Waals surface area contributed by atoms with Gasteiger partial charge in [0.25, 0.3) is 0 Å². The lowest BCUT2D eigenvalue weighted by atomic mass is 9.78. The number of nitrogens with zero attached hydrogens (tertiary/aromatic N) is 3. The minimum Gasteiger partial charge on any atom is -0.478 e. The number of likely N-dealkylation sites (tertiary alicyclic amines) is 2. The first-order valence-electron chi connectivity index (χ1n) is 9.25. The predicted molar refractivity (Wildman–Crippen MR) is 95.4 cm³/mol. The highest BCUT2D eigenvalue weighted by Gasteiger charge is 2.47. The standard InChI is InChI=1S/C19H29N3O3/c1-3-25-17-6-5-16(13-20-17)14-21-10-8-19(15-21)7-4-9-22(18(19)23)11-12-24-2/h5-6,13H,3-4,7-12,14-15H2,1-2H3/t19-/m0/s1. The molecule has 0 unspecified atom stereocenters. The van der Waals surface area contributed by atoms with E-state index >= 15 is 0 Å². The lowest BCUT2D eigenvalue weighted by Crippen LogP contribution is -2.50. The van der Waals surface area contributed by atoms with Crippen LogP contribution in [0.4, 0.5) is 0 Å². The van der Waals surface area contributed by atoms with Crippen molar-refractivity contribution in [1.29, 1.82) is 0 Å². The number of aromatic nitrogens is 1. The van der Waals surface area contributed by atoms with Gasteiger partial charge in [0, 0.05) is 45.6 Å². The first-order chi connectivity index (χ1) is 12.2. The van der Waals surface area contributed by atoms with Crippen molar-refractivity contribution in [3.63, 3.8) is 0 Å². The summed E-state index contributed by atoms with van der Waals surface area (Å²) < 4.78 is 10.5. The van der Waals surface area contributed by atoms with Crippen molar-refractivity contribution in [3.05, 3.63) is 23.9 Å². The molecule has 3 rings (SSSR count). The van der Waals surface area contributed by atoms with Crippen molar-refractivity contribution in [2.45, 2.75) is 32.7 Å². The Kier molecular flexibility index (Phi) is 5.91. The summed E-state index contributed by atoms with van der Waals surface area (Å²) in [5.41, 5.74) is 0.977. The summed E-state index contributed by atoms with van der Waals surface area (Å²) >= 11 is 0. The molecule has 1 aromatic rings. The number of carbonyl (C=O) groups excluding carboxylic acids is 1. The van der Waals surface area contributed by atoms with Gasteiger partial charge in [0.15, 0.2) is 0 Å². The molecular weight excluding hydrogens is 318 g/mol. The van der Waals surface area contributed by atoms with Crippen LogP contribution < -0.4 is 4.74 Å². The van der Waals surface area contributed by atoms with Crippen LogP contribution in [0.15, 0.2) is 18.3 Å². The Morgan fingerprint density at radius 1 is 1.28 bits per heavy atom. The number of piperidine rings is 1. The fraction of sp³-hybridized carbons (Fsp3) is 0.684. The molecule has 138 valence electrons. The number of ether oxygens (including phenoxy) is 2. The van der Waals surface area contributed by atoms with E-state index in [2.05, 4.69) is 16.0 Å². The summed E-state index contributed by atoms with van der Waals surface area (Å²) in [6.07, 6.45) is 4.94. The first-order valence-corrected chi connectivity index (χ1v) is 9.25. The SMILES string of the molecule is CCOc1ccc(CN2CC[C@@]3(CCCN(CCOC)C3=O)C2)cn1. The quantitative estimate of drug-likeness (QED) is 0.754. The highest BCUT2D eigenvalue weighted by atomic mass is 16.5. The number of methoxy groups -OCH3 is 1. The summed E-state index contributed by atoms with van der Waals surface area (Å²) in [6.45, 7) is 7.43. The molecule has 2 aliphatic heterocycles. The van der Waals surface area contributed by atoms with Gasteiger partial charge in [-0.25, -0.2) is 4.98 Å². The van der Waals surface area contributed by atoms with E-state index in [9.17, 15) is 4.79 Å². The lowest BCUT2D eigenvalue weighted by molar-refractivity contribution is -0.146. The first kappa shape index (κ1) is 18.1. The molecule has 2 aliphatic rings. The average Bonchev–Trinajstić information content (AvgIpc) is 3.02. The van der Waals surface area contributed by atoms with Gasteiger partial charge in [0.2, 0.25) is 11.8 Å². The Morgan fingerprint density at radius 3 is 2.88 bits per heavy atom. The zero-order chi connectivity index (χ0) is 17.7. The van der Waals surface area contributed by atoms with E-state index in [1.165, 1.54) is 5.56 Å². The highest BCUT2D eigenvalue weighted by Crippen LogP contribution is 2.40. The Hall–Kier alpha value is -1.66. The summed E-state index contributed by atoms with van der Waals surface area (Å²) in [6, 6.07) is 3.99. The third kappa shape index (κ3) is 4.12. The van der Waals surface area contributed by atoms with Crippen molar-refractivity contribution in [1.82, 2.24) is 14.8 Å². The van der Waals surface area contributed by atoms with Gasteiger partial charge in [-0.05, 0) is 38.3 Å². The molecule has 1 atom stereocenters. The molecule has 2 fully saturated rings. The fourth-order valence-electron chi connectivity index (χ4n) is 4.03. The number of carbonyl (C=O) groups is 1. The summed E-state index contributed by atoms with van der Waals surface area (Å²) in [7, 11) is 1.69. The Balaban J connectivity index is 1.59. The van der Waals surface area contributed by atoms with Gasteiger partial charge >= 0.3 is 0 Å². The molecule has 1 amide bonds. The van der Waals surface area contributed by atoms with Crippen LogP contribution in [0, 0.1) is 5.41 Å². The summed E-state index contributed by atoms with van der Waals surface area (Å²) in [4.78, 5) is 21.7. The maximum Gasteiger partial charge on any atom is 0.230 e. The number of rotatable bonds is 7. The number of pyridine rings is 1. The van der Waals surface area contributed by atoms with Crippen molar-refractivity contribution in [2.24, 2.45) is 5.41 Å². The van der Waals surface area contributed by atoms with E-state index in [0.29, 0.717) is 31.5 Å². The number of amides is 1. The average molecular weight is 347 g/mol. The zero-order valence-corrected chi connectivity index (χ0v) is 15.4. The van der Waals surface area contributed by atoms with Gasteiger partial charge in [0.05, 0.1) is 18.6 Å². The second-order valence-electron chi connectivity index (χ2n) is 7.07. The van der Waals surface area contributed by atoms with E-state index in [4.69, 9.17) is 9.47 Å². The molecule has 6 nitrogen and oxygen atoms in total. The van der Waals surface area contributed by atoms with Gasteiger partial charge in [-0.15, -0.1) is 0 Å². The minimum absolute atomic E-state index is 0.190. The minimum atomic E-state index is -0.190. The van der Waals surface area contributed by atoms with E-state index in [1.807, 2.05) is 24.1 Å². The summed E-state index contributed by atoms with van der Waals surface area (Å²) in [5, 5.41) is 0. The third-order valence-electron chi connectivity index (χ3n) is 5.32. The van der Waals surface area contributed by atoms with E-state index < -0.39 is 0 Å². The Morgan fingerprint density at radius 2 is 2.16 bits per heavy atom. The van der Waals surface area contributed by atoms with Crippen LogP contribution in [0.3, 0.4) is 0 Å². The highest BCUT2D eigenvalue weighted by molar-refractivity contribution is 5.84. The van der Waals surface area contributed by atoms with Crippen LogP contribution in [0.1, 0.15) is 31.7 Å². The van der Waals surface area contributed by atoms with Crippen molar-refractivity contribution < 1.29 is 14.3 Å². The smallest absolute Gasteiger partial charge is 0.230 e. The number of hydrogen-bond acceptors (Lipinski definition) is 5. The Bertz CT molecular complexity index is 578. The normalized spacial score (nSPS) is 24.2. The second-order valence-corrected chi connectivity index (χ2v) is 7.07. The van der Waals surface area contributed by atoms with Crippen LogP contribution in [0.25, 0.3) is 0 Å². The molecule has 2 saturated heterocycles. The van der Waals surface area contributed by atoms with Gasteiger partial charge in [-0.3, -0.25) is 9.69 Å². The molecule has 0 bridgehead atoms. The maximum absolute atomic E-state index is 13.0. The topological polar surface area (TPSA) is 54.9 Å². The van der Waals surface area contributed by atoms with E-state index in [0.717, 1.165) is 45.4 Å². The van der Waals surface area contributed by atoms with Gasteiger partial charge in [-0.1, -0.05) is 6.07 Å². The lowest BCUT2D eigenvalue weighted by Gasteiger charge is -2.39. The monoisotopic (exact) mass is 347 g/mol. The number of hydrogen-bond donors (Lipinski definition) is 0. The molecule has 0 aliphatic carbocycles. The molecule has 6 heteroatoms. The molecule has 0 aromatic carbocycles. The zero-order valence-electron chi connectivity index (χ0n) is 15.4.